The molecule has 1 aromatic rings. The summed E-state index contributed by atoms with van der Waals surface area (Å²) in [4.78, 5) is 13.8. The number of hydrogen-bond donors (Lipinski definition) is 1. The van der Waals surface area contributed by atoms with Crippen molar-refractivity contribution in [1.29, 1.82) is 0 Å². The molecule has 0 amide bonds. The van der Waals surface area contributed by atoms with Gasteiger partial charge in [0.1, 0.15) is 0 Å². The maximum Gasteiger partial charge on any atom is 0.163 e. The summed E-state index contributed by atoms with van der Waals surface area (Å²) < 4.78 is 0. The zero-order valence-electron chi connectivity index (χ0n) is 19.3. The lowest BCUT2D eigenvalue weighted by atomic mass is 9.62. The van der Waals surface area contributed by atoms with Crippen molar-refractivity contribution in [2.24, 2.45) is 17.3 Å². The summed E-state index contributed by atoms with van der Waals surface area (Å²) in [7, 11) is 0. The van der Waals surface area contributed by atoms with Crippen molar-refractivity contribution >= 4 is 17.6 Å². The Morgan fingerprint density at radius 1 is 1.24 bits per heavy atom. The van der Waals surface area contributed by atoms with Gasteiger partial charge in [0.25, 0.3) is 0 Å². The molecule has 1 aliphatic carbocycles. The average molecular weight is 394 g/mol. The average Bonchev–Trinajstić information content (AvgIpc) is 2.59. The first-order chi connectivity index (χ1) is 13.6. The Balaban J connectivity index is 2.06. The molecule has 1 heterocycles. The van der Waals surface area contributed by atoms with E-state index in [1.165, 1.54) is 23.1 Å². The SMILES string of the molecule is C=Cc1cc2c(cc1C)CC(C)(C)N/C2=C\C(=O)C1(CCC)CC(C)CC(C)C1. The Labute approximate surface area is 177 Å². The van der Waals surface area contributed by atoms with Crippen LogP contribution in [0, 0.1) is 24.2 Å². The van der Waals surface area contributed by atoms with Gasteiger partial charge in [-0.15, -0.1) is 0 Å². The van der Waals surface area contributed by atoms with Gasteiger partial charge in [-0.3, -0.25) is 4.79 Å². The molecule has 2 unspecified atom stereocenters. The van der Waals surface area contributed by atoms with Gasteiger partial charge in [-0.05, 0) is 87.5 Å². The minimum atomic E-state index is -0.200. The summed E-state index contributed by atoms with van der Waals surface area (Å²) in [6.45, 7) is 17.4. The maximum absolute atomic E-state index is 13.8. The Morgan fingerprint density at radius 3 is 2.48 bits per heavy atom. The van der Waals surface area contributed by atoms with E-state index in [0.29, 0.717) is 17.6 Å². The molecule has 158 valence electrons. The molecule has 1 fully saturated rings. The predicted octanol–water partition coefficient (Wildman–Crippen LogP) is 6.71. The minimum absolute atomic E-state index is 0.0632. The minimum Gasteiger partial charge on any atom is -0.379 e. The lowest BCUT2D eigenvalue weighted by Gasteiger charge is -2.42. The van der Waals surface area contributed by atoms with Crippen LogP contribution >= 0.6 is 0 Å². The summed E-state index contributed by atoms with van der Waals surface area (Å²) in [5.41, 5.74) is 5.62. The third-order valence-electron chi connectivity index (χ3n) is 6.92. The number of allylic oxidation sites excluding steroid dienone is 1. The second-order valence-corrected chi connectivity index (χ2v) is 10.6. The number of aryl methyl sites for hydroxylation is 1. The van der Waals surface area contributed by atoms with Crippen LogP contribution in [0.5, 0.6) is 0 Å². The van der Waals surface area contributed by atoms with Crippen molar-refractivity contribution in [2.75, 3.05) is 0 Å². The second kappa shape index (κ2) is 8.13. The van der Waals surface area contributed by atoms with Crippen LogP contribution < -0.4 is 5.32 Å². The fraction of sp³-hybridized carbons (Fsp3) is 0.593. The Hall–Kier alpha value is -1.83. The summed E-state index contributed by atoms with van der Waals surface area (Å²) in [5, 5.41) is 3.68. The van der Waals surface area contributed by atoms with Gasteiger partial charge in [-0.1, -0.05) is 45.9 Å². The second-order valence-electron chi connectivity index (χ2n) is 10.6. The maximum atomic E-state index is 13.8. The molecule has 1 aromatic carbocycles. The van der Waals surface area contributed by atoms with E-state index >= 15 is 0 Å². The first-order valence-electron chi connectivity index (χ1n) is 11.4. The summed E-state index contributed by atoms with van der Waals surface area (Å²) in [6, 6.07) is 4.48. The molecule has 0 saturated heterocycles. The molecule has 2 heteroatoms. The Bertz CT molecular complexity index is 819. The molecule has 0 bridgehead atoms. The number of ketones is 1. The van der Waals surface area contributed by atoms with E-state index in [4.69, 9.17) is 0 Å². The van der Waals surface area contributed by atoms with Crippen molar-refractivity contribution in [1.82, 2.24) is 5.32 Å². The molecular weight excluding hydrogens is 354 g/mol. The number of nitrogens with one attached hydrogen (secondary N) is 1. The number of hydrogen-bond acceptors (Lipinski definition) is 2. The van der Waals surface area contributed by atoms with Crippen LogP contribution in [0.4, 0.5) is 0 Å². The predicted molar refractivity (Wildman–Crippen MR) is 125 cm³/mol. The highest BCUT2D eigenvalue weighted by Crippen LogP contribution is 2.47. The van der Waals surface area contributed by atoms with Crippen molar-refractivity contribution < 1.29 is 4.79 Å². The van der Waals surface area contributed by atoms with Gasteiger partial charge in [0.2, 0.25) is 0 Å². The topological polar surface area (TPSA) is 29.1 Å². The highest BCUT2D eigenvalue weighted by atomic mass is 16.1. The first-order valence-corrected chi connectivity index (χ1v) is 11.4. The highest BCUT2D eigenvalue weighted by molar-refractivity contribution is 6.01. The van der Waals surface area contributed by atoms with Gasteiger partial charge < -0.3 is 5.32 Å². The molecule has 29 heavy (non-hydrogen) atoms. The molecular formula is C27H39NO. The fourth-order valence-corrected chi connectivity index (χ4v) is 6.03. The normalized spacial score (nSPS) is 29.8. The number of carbonyl (C=O) groups is 1. The number of fused-ring (bicyclic) bond motifs is 1. The third kappa shape index (κ3) is 4.52. The smallest absolute Gasteiger partial charge is 0.163 e. The van der Waals surface area contributed by atoms with Crippen molar-refractivity contribution in [3.8, 4) is 0 Å². The van der Waals surface area contributed by atoms with Crippen LogP contribution in [0.15, 0.2) is 24.8 Å². The zero-order valence-corrected chi connectivity index (χ0v) is 19.3. The van der Waals surface area contributed by atoms with Crippen molar-refractivity contribution in [2.45, 2.75) is 85.6 Å². The number of carbonyl (C=O) groups excluding carboxylic acids is 1. The fourth-order valence-electron chi connectivity index (χ4n) is 6.03. The van der Waals surface area contributed by atoms with Crippen LogP contribution in [0.2, 0.25) is 0 Å². The zero-order chi connectivity index (χ0) is 21.4. The van der Waals surface area contributed by atoms with Gasteiger partial charge in [-0.2, -0.15) is 0 Å². The van der Waals surface area contributed by atoms with Crippen LogP contribution in [0.25, 0.3) is 11.8 Å². The van der Waals surface area contributed by atoms with Crippen LogP contribution in [0.1, 0.15) is 89.0 Å². The summed E-state index contributed by atoms with van der Waals surface area (Å²) >= 11 is 0. The van der Waals surface area contributed by atoms with Gasteiger partial charge >= 0.3 is 0 Å². The van der Waals surface area contributed by atoms with E-state index in [1.54, 1.807) is 0 Å². The van der Waals surface area contributed by atoms with E-state index in [9.17, 15) is 4.79 Å². The highest BCUT2D eigenvalue weighted by Gasteiger charge is 2.42. The Morgan fingerprint density at radius 2 is 1.90 bits per heavy atom. The molecule has 3 rings (SSSR count). The van der Waals surface area contributed by atoms with Gasteiger partial charge in [0.05, 0.1) is 0 Å². The van der Waals surface area contributed by atoms with Gasteiger partial charge in [0.15, 0.2) is 5.78 Å². The third-order valence-corrected chi connectivity index (χ3v) is 6.92. The monoisotopic (exact) mass is 393 g/mol. The van der Waals surface area contributed by atoms with Gasteiger partial charge in [0, 0.05) is 28.3 Å². The lowest BCUT2D eigenvalue weighted by molar-refractivity contribution is -0.128. The number of rotatable bonds is 5. The van der Waals surface area contributed by atoms with Crippen molar-refractivity contribution in [3.63, 3.8) is 0 Å². The molecule has 1 saturated carbocycles. The van der Waals surface area contributed by atoms with E-state index < -0.39 is 0 Å². The Kier molecular flexibility index (Phi) is 6.13. The first kappa shape index (κ1) is 21.9. The van der Waals surface area contributed by atoms with E-state index in [1.807, 2.05) is 12.2 Å². The molecule has 2 nitrogen and oxygen atoms in total. The lowest BCUT2D eigenvalue weighted by Crippen LogP contribution is -2.44. The summed E-state index contributed by atoms with van der Waals surface area (Å²) in [6.07, 6.45) is 10.2. The van der Waals surface area contributed by atoms with Crippen molar-refractivity contribution in [3.05, 3.63) is 47.0 Å². The molecule has 0 spiro atoms. The van der Waals surface area contributed by atoms with Crippen LogP contribution in [0.3, 0.4) is 0 Å². The molecule has 0 aromatic heterocycles. The standard InChI is InChI=1S/C27H39NO/c1-8-10-27(15-18(3)11-19(4)16-27)25(29)14-24-23-13-21(9-2)20(5)12-22(23)17-26(6,7)28-24/h9,12-14,18-19,28H,2,8,10-11,15-17H2,1,3-7H3/b24-14-. The van der Waals surface area contributed by atoms with Crippen LogP contribution in [-0.2, 0) is 11.2 Å². The van der Waals surface area contributed by atoms with E-state index in [-0.39, 0.29) is 11.0 Å². The molecule has 2 aliphatic rings. The molecule has 1 aliphatic heterocycles. The number of benzene rings is 1. The molecule has 2 atom stereocenters. The largest absolute Gasteiger partial charge is 0.379 e. The molecule has 0 radical (unpaired) electrons. The van der Waals surface area contributed by atoms with E-state index in [2.05, 4.69) is 65.6 Å². The molecule has 1 N–H and O–H groups in total. The summed E-state index contributed by atoms with van der Waals surface area (Å²) in [5.74, 6) is 1.56. The van der Waals surface area contributed by atoms with E-state index in [0.717, 1.165) is 43.4 Å². The van der Waals surface area contributed by atoms with Crippen LogP contribution in [-0.4, -0.2) is 11.3 Å². The quantitative estimate of drug-likeness (QED) is 0.563. The van der Waals surface area contributed by atoms with Gasteiger partial charge in [-0.25, -0.2) is 0 Å².